The van der Waals surface area contributed by atoms with E-state index >= 15 is 0 Å². The number of rotatable bonds is 3. The minimum atomic E-state index is 0.776. The summed E-state index contributed by atoms with van der Waals surface area (Å²) in [5.74, 6) is 0. The lowest BCUT2D eigenvalue weighted by molar-refractivity contribution is 1.06. The predicted molar refractivity (Wildman–Crippen MR) is 62.7 cm³/mol. The largest absolute Gasteiger partial charge is 0.285 e. The van der Waals surface area contributed by atoms with Gasteiger partial charge in [-0.1, -0.05) is 36.4 Å². The van der Waals surface area contributed by atoms with E-state index in [2.05, 4.69) is 37.0 Å². The average molecular weight is 187 g/mol. The minimum Gasteiger partial charge on any atom is -0.285 e. The second kappa shape index (κ2) is 5.38. The molecular weight excluding hydrogens is 170 g/mol. The van der Waals surface area contributed by atoms with Crippen molar-refractivity contribution in [2.75, 3.05) is 0 Å². The van der Waals surface area contributed by atoms with Crippen molar-refractivity contribution in [2.24, 2.45) is 4.99 Å². The molecular formula is C13H17N. The zero-order valence-electron chi connectivity index (χ0n) is 9.12. The van der Waals surface area contributed by atoms with Crippen molar-refractivity contribution < 1.29 is 0 Å². The van der Waals surface area contributed by atoms with Gasteiger partial charge in [-0.25, -0.2) is 0 Å². The second-order valence-electron chi connectivity index (χ2n) is 3.36. The van der Waals surface area contributed by atoms with Crippen LogP contribution in [-0.2, 0) is 6.54 Å². The van der Waals surface area contributed by atoms with Gasteiger partial charge in [0.05, 0.1) is 6.54 Å². The van der Waals surface area contributed by atoms with Crippen LogP contribution in [0.1, 0.15) is 26.3 Å². The number of nitrogens with zero attached hydrogens (tertiary/aromatic N) is 1. The SMILES string of the molecule is C/C=C(C)/C(C)=N/Cc1ccccc1. The van der Waals surface area contributed by atoms with E-state index < -0.39 is 0 Å². The zero-order chi connectivity index (χ0) is 10.4. The van der Waals surface area contributed by atoms with E-state index in [1.165, 1.54) is 11.1 Å². The Hall–Kier alpha value is -1.37. The number of benzene rings is 1. The van der Waals surface area contributed by atoms with Crippen molar-refractivity contribution in [1.29, 1.82) is 0 Å². The summed E-state index contributed by atoms with van der Waals surface area (Å²) in [7, 11) is 0. The first-order valence-corrected chi connectivity index (χ1v) is 4.92. The summed E-state index contributed by atoms with van der Waals surface area (Å²) in [6, 6.07) is 10.3. The third-order valence-electron chi connectivity index (χ3n) is 2.35. The molecule has 0 radical (unpaired) electrons. The van der Waals surface area contributed by atoms with Crippen LogP contribution in [0.5, 0.6) is 0 Å². The van der Waals surface area contributed by atoms with Gasteiger partial charge in [-0.15, -0.1) is 0 Å². The van der Waals surface area contributed by atoms with Gasteiger partial charge in [-0.2, -0.15) is 0 Å². The van der Waals surface area contributed by atoms with E-state index in [0.29, 0.717) is 0 Å². The monoisotopic (exact) mass is 187 g/mol. The van der Waals surface area contributed by atoms with E-state index in [-0.39, 0.29) is 0 Å². The summed E-state index contributed by atoms with van der Waals surface area (Å²) < 4.78 is 0. The van der Waals surface area contributed by atoms with Crippen LogP contribution in [0.15, 0.2) is 47.0 Å². The van der Waals surface area contributed by atoms with Crippen LogP contribution < -0.4 is 0 Å². The highest BCUT2D eigenvalue weighted by atomic mass is 14.7. The first-order valence-electron chi connectivity index (χ1n) is 4.92. The van der Waals surface area contributed by atoms with Gasteiger partial charge in [0.25, 0.3) is 0 Å². The highest BCUT2D eigenvalue weighted by Gasteiger charge is 1.93. The molecule has 0 fully saturated rings. The van der Waals surface area contributed by atoms with Crippen LogP contribution >= 0.6 is 0 Å². The van der Waals surface area contributed by atoms with Crippen molar-refractivity contribution in [3.05, 3.63) is 47.5 Å². The molecule has 0 saturated carbocycles. The van der Waals surface area contributed by atoms with Gasteiger partial charge in [0.1, 0.15) is 0 Å². The van der Waals surface area contributed by atoms with E-state index in [0.717, 1.165) is 12.3 Å². The molecule has 74 valence electrons. The highest BCUT2D eigenvalue weighted by Crippen LogP contribution is 2.03. The Morgan fingerprint density at radius 2 is 1.86 bits per heavy atom. The Bertz CT molecular complexity index is 334. The van der Waals surface area contributed by atoms with Crippen molar-refractivity contribution in [1.82, 2.24) is 0 Å². The lowest BCUT2D eigenvalue weighted by Gasteiger charge is -2.00. The molecule has 0 heterocycles. The normalized spacial score (nSPS) is 13.1. The van der Waals surface area contributed by atoms with Gasteiger partial charge in [-0.05, 0) is 31.9 Å². The molecule has 0 atom stereocenters. The maximum absolute atomic E-state index is 4.51. The van der Waals surface area contributed by atoms with Crippen LogP contribution in [-0.4, -0.2) is 5.71 Å². The molecule has 0 spiro atoms. The first-order chi connectivity index (χ1) is 6.74. The van der Waals surface area contributed by atoms with Gasteiger partial charge >= 0.3 is 0 Å². The van der Waals surface area contributed by atoms with E-state index in [1.807, 2.05) is 25.1 Å². The molecule has 0 aromatic heterocycles. The topological polar surface area (TPSA) is 12.4 Å². The third kappa shape index (κ3) is 3.17. The lowest BCUT2D eigenvalue weighted by Crippen LogP contribution is -1.94. The molecule has 0 unspecified atom stereocenters. The highest BCUT2D eigenvalue weighted by molar-refractivity contribution is 5.97. The molecule has 0 bridgehead atoms. The maximum atomic E-state index is 4.51. The molecule has 0 N–H and O–H groups in total. The Balaban J connectivity index is 2.64. The Morgan fingerprint density at radius 1 is 1.21 bits per heavy atom. The first kappa shape index (κ1) is 10.7. The molecule has 1 heteroatoms. The quantitative estimate of drug-likeness (QED) is 0.641. The molecule has 1 nitrogen and oxygen atoms in total. The fourth-order valence-electron chi connectivity index (χ4n) is 1.13. The minimum absolute atomic E-state index is 0.776. The Kier molecular flexibility index (Phi) is 4.11. The standard InChI is InChI=1S/C13H17N/c1-4-11(2)12(3)14-10-13-8-6-5-7-9-13/h4-9H,10H2,1-3H3/b11-4+,14-12+. The average Bonchev–Trinajstić information content (AvgIpc) is 2.26. The third-order valence-corrected chi connectivity index (χ3v) is 2.35. The Labute approximate surface area is 86.2 Å². The van der Waals surface area contributed by atoms with Crippen molar-refractivity contribution in [2.45, 2.75) is 27.3 Å². The number of aliphatic imine (C=N–C) groups is 1. The number of allylic oxidation sites excluding steroid dienone is 2. The Morgan fingerprint density at radius 3 is 2.43 bits per heavy atom. The van der Waals surface area contributed by atoms with E-state index in [9.17, 15) is 0 Å². The molecule has 0 aliphatic heterocycles. The summed E-state index contributed by atoms with van der Waals surface area (Å²) in [5, 5.41) is 0. The zero-order valence-corrected chi connectivity index (χ0v) is 9.12. The fraction of sp³-hybridized carbons (Fsp3) is 0.308. The smallest absolute Gasteiger partial charge is 0.0643 e. The van der Waals surface area contributed by atoms with Crippen molar-refractivity contribution in [3.8, 4) is 0 Å². The molecule has 1 aromatic rings. The van der Waals surface area contributed by atoms with Gasteiger partial charge in [0.2, 0.25) is 0 Å². The lowest BCUT2D eigenvalue weighted by atomic mass is 10.2. The molecule has 0 aliphatic carbocycles. The molecule has 0 amide bonds. The summed E-state index contributed by atoms with van der Waals surface area (Å²) in [5.41, 5.74) is 3.63. The number of hydrogen-bond donors (Lipinski definition) is 0. The van der Waals surface area contributed by atoms with E-state index in [1.54, 1.807) is 0 Å². The summed E-state index contributed by atoms with van der Waals surface area (Å²) in [6.07, 6.45) is 2.09. The van der Waals surface area contributed by atoms with Crippen LogP contribution in [0.3, 0.4) is 0 Å². The predicted octanol–water partition coefficient (Wildman–Crippen LogP) is 3.61. The van der Waals surface area contributed by atoms with Crippen molar-refractivity contribution >= 4 is 5.71 Å². The summed E-state index contributed by atoms with van der Waals surface area (Å²) in [4.78, 5) is 4.51. The van der Waals surface area contributed by atoms with Crippen LogP contribution in [0.2, 0.25) is 0 Å². The summed E-state index contributed by atoms with van der Waals surface area (Å²) >= 11 is 0. The van der Waals surface area contributed by atoms with Crippen molar-refractivity contribution in [3.63, 3.8) is 0 Å². The molecule has 0 saturated heterocycles. The van der Waals surface area contributed by atoms with Gasteiger partial charge in [0.15, 0.2) is 0 Å². The van der Waals surface area contributed by atoms with Crippen LogP contribution in [0, 0.1) is 0 Å². The molecule has 1 aromatic carbocycles. The second-order valence-corrected chi connectivity index (χ2v) is 3.36. The maximum Gasteiger partial charge on any atom is 0.0643 e. The van der Waals surface area contributed by atoms with Gasteiger partial charge in [-0.3, -0.25) is 4.99 Å². The molecule has 14 heavy (non-hydrogen) atoms. The van der Waals surface area contributed by atoms with Gasteiger partial charge < -0.3 is 0 Å². The van der Waals surface area contributed by atoms with Crippen LogP contribution in [0.4, 0.5) is 0 Å². The molecule has 1 rings (SSSR count). The number of hydrogen-bond acceptors (Lipinski definition) is 1. The van der Waals surface area contributed by atoms with Crippen LogP contribution in [0.25, 0.3) is 0 Å². The van der Waals surface area contributed by atoms with Gasteiger partial charge in [0, 0.05) is 5.71 Å². The fourth-order valence-corrected chi connectivity index (χ4v) is 1.13. The summed E-state index contributed by atoms with van der Waals surface area (Å²) in [6.45, 7) is 6.96. The molecule has 0 aliphatic rings. The van der Waals surface area contributed by atoms with E-state index in [4.69, 9.17) is 0 Å².